The van der Waals surface area contributed by atoms with Crippen molar-refractivity contribution in [3.8, 4) is 5.75 Å². The molecule has 0 atom stereocenters. The number of carbonyl (C=O) groups excluding carboxylic acids is 1. The lowest BCUT2D eigenvalue weighted by molar-refractivity contribution is 0.00453. The lowest BCUT2D eigenvalue weighted by Gasteiger charge is -2.37. The molecule has 0 saturated heterocycles. The zero-order valence-electron chi connectivity index (χ0n) is 20.0. The van der Waals surface area contributed by atoms with E-state index < -0.39 is 5.60 Å². The number of rotatable bonds is 10. The van der Waals surface area contributed by atoms with Crippen LogP contribution in [0.25, 0.3) is 0 Å². The summed E-state index contributed by atoms with van der Waals surface area (Å²) in [7, 11) is 0. The highest BCUT2D eigenvalue weighted by Gasteiger charge is 2.39. The Morgan fingerprint density at radius 3 is 2.52 bits per heavy atom. The minimum absolute atomic E-state index is 0.374. The van der Waals surface area contributed by atoms with E-state index in [0.717, 1.165) is 54.4 Å². The molecule has 0 bridgehead atoms. The van der Waals surface area contributed by atoms with Crippen molar-refractivity contribution >= 4 is 23.5 Å². The molecule has 1 heterocycles. The number of ether oxygens (including phenoxy) is 2. The molecule has 4 nitrogen and oxygen atoms in total. The van der Waals surface area contributed by atoms with Crippen LogP contribution in [0.1, 0.15) is 88.7 Å². The fourth-order valence-electron chi connectivity index (χ4n) is 5.10. The highest BCUT2D eigenvalue weighted by atomic mass is 32.2. The molecule has 1 N–H and O–H groups in total. The van der Waals surface area contributed by atoms with Gasteiger partial charge in [-0.05, 0) is 86.1 Å². The van der Waals surface area contributed by atoms with Crippen LogP contribution in [0, 0.1) is 0 Å². The van der Waals surface area contributed by atoms with Crippen molar-refractivity contribution in [3.63, 3.8) is 0 Å². The SMILES string of the molecule is CCC1(CC)OC(=O)Nc2ccc(OCCCCSc3ccc(C4CCCCC4)cc3)cc21. The van der Waals surface area contributed by atoms with Gasteiger partial charge in [0.25, 0.3) is 0 Å². The first kappa shape index (κ1) is 24.0. The summed E-state index contributed by atoms with van der Waals surface area (Å²) in [6.07, 6.45) is 10.1. The summed E-state index contributed by atoms with van der Waals surface area (Å²) in [6, 6.07) is 15.2. The Labute approximate surface area is 202 Å². The largest absolute Gasteiger partial charge is 0.494 e. The number of hydrogen-bond donors (Lipinski definition) is 1. The number of unbranched alkanes of at least 4 members (excludes halogenated alkanes) is 1. The van der Waals surface area contributed by atoms with Gasteiger partial charge in [-0.25, -0.2) is 4.79 Å². The molecule has 0 aromatic heterocycles. The lowest BCUT2D eigenvalue weighted by atomic mass is 9.84. The molecule has 1 aliphatic heterocycles. The second-order valence-electron chi connectivity index (χ2n) is 9.23. The summed E-state index contributed by atoms with van der Waals surface area (Å²) in [5.41, 5.74) is 2.79. The van der Waals surface area contributed by atoms with Crippen molar-refractivity contribution in [2.75, 3.05) is 17.7 Å². The smallest absolute Gasteiger partial charge is 0.412 e. The van der Waals surface area contributed by atoms with E-state index in [2.05, 4.69) is 43.4 Å². The van der Waals surface area contributed by atoms with E-state index in [1.165, 1.54) is 42.6 Å². The summed E-state index contributed by atoms with van der Waals surface area (Å²) in [5.74, 6) is 2.72. The van der Waals surface area contributed by atoms with Crippen LogP contribution in [0.2, 0.25) is 0 Å². The molecule has 1 amide bonds. The summed E-state index contributed by atoms with van der Waals surface area (Å²) in [4.78, 5) is 13.3. The number of amides is 1. The average molecular weight is 468 g/mol. The first-order valence-corrected chi connectivity index (χ1v) is 13.6. The number of carbonyl (C=O) groups is 1. The Hall–Kier alpha value is -2.14. The van der Waals surface area contributed by atoms with Gasteiger partial charge < -0.3 is 9.47 Å². The fraction of sp³-hybridized carbons (Fsp3) is 0.536. The first-order chi connectivity index (χ1) is 16.1. The number of hydrogen-bond acceptors (Lipinski definition) is 4. The minimum atomic E-state index is -0.569. The molecule has 1 aliphatic carbocycles. The number of fused-ring (bicyclic) bond motifs is 1. The maximum atomic E-state index is 11.9. The van der Waals surface area contributed by atoms with Gasteiger partial charge in [0.1, 0.15) is 11.4 Å². The molecule has 0 unspecified atom stereocenters. The zero-order valence-corrected chi connectivity index (χ0v) is 20.8. The molecule has 0 spiro atoms. The van der Waals surface area contributed by atoms with Crippen molar-refractivity contribution in [2.24, 2.45) is 0 Å². The molecule has 4 rings (SSSR count). The van der Waals surface area contributed by atoms with Crippen LogP contribution in [0.15, 0.2) is 47.4 Å². The lowest BCUT2D eigenvalue weighted by Crippen LogP contribution is -2.38. The third-order valence-corrected chi connectivity index (χ3v) is 8.28. The zero-order chi connectivity index (χ0) is 23.1. The van der Waals surface area contributed by atoms with Gasteiger partial charge in [0.05, 0.1) is 12.3 Å². The quantitative estimate of drug-likeness (QED) is 0.282. The second kappa shape index (κ2) is 11.3. The molecule has 5 heteroatoms. The van der Waals surface area contributed by atoms with Crippen LogP contribution in [0.3, 0.4) is 0 Å². The molecule has 33 heavy (non-hydrogen) atoms. The normalized spacial score (nSPS) is 17.7. The Balaban J connectivity index is 1.21. The van der Waals surface area contributed by atoms with Crippen LogP contribution < -0.4 is 10.1 Å². The molecule has 178 valence electrons. The fourth-order valence-corrected chi connectivity index (χ4v) is 6.01. The molecule has 2 aliphatic rings. The number of anilines is 1. The third-order valence-electron chi connectivity index (χ3n) is 7.18. The molecule has 2 aromatic carbocycles. The molecule has 1 saturated carbocycles. The topological polar surface area (TPSA) is 47.6 Å². The van der Waals surface area contributed by atoms with Gasteiger partial charge in [0.15, 0.2) is 0 Å². The third kappa shape index (κ3) is 5.87. The Morgan fingerprint density at radius 1 is 1.03 bits per heavy atom. The molecule has 0 radical (unpaired) electrons. The number of cyclic esters (lactones) is 1. The van der Waals surface area contributed by atoms with Gasteiger partial charge in [0.2, 0.25) is 0 Å². The van der Waals surface area contributed by atoms with E-state index in [4.69, 9.17) is 9.47 Å². The summed E-state index contributed by atoms with van der Waals surface area (Å²) < 4.78 is 11.7. The van der Waals surface area contributed by atoms with Gasteiger partial charge in [-0.1, -0.05) is 45.2 Å². The van der Waals surface area contributed by atoms with Gasteiger partial charge in [-0.3, -0.25) is 5.32 Å². The van der Waals surface area contributed by atoms with E-state index in [-0.39, 0.29) is 6.09 Å². The number of nitrogens with one attached hydrogen (secondary N) is 1. The van der Waals surface area contributed by atoms with Gasteiger partial charge in [0, 0.05) is 10.5 Å². The van der Waals surface area contributed by atoms with E-state index in [9.17, 15) is 4.79 Å². The van der Waals surface area contributed by atoms with Gasteiger partial charge in [-0.2, -0.15) is 0 Å². The highest BCUT2D eigenvalue weighted by Crippen LogP contribution is 2.42. The Bertz CT molecular complexity index is 917. The maximum absolute atomic E-state index is 11.9. The number of thioether (sulfide) groups is 1. The molecular formula is C28H37NO3S. The minimum Gasteiger partial charge on any atom is -0.494 e. The van der Waals surface area contributed by atoms with Crippen molar-refractivity contribution in [3.05, 3.63) is 53.6 Å². The summed E-state index contributed by atoms with van der Waals surface area (Å²) in [6.45, 7) is 4.81. The summed E-state index contributed by atoms with van der Waals surface area (Å²) >= 11 is 1.93. The van der Waals surface area contributed by atoms with E-state index in [0.29, 0.717) is 6.61 Å². The van der Waals surface area contributed by atoms with Gasteiger partial charge >= 0.3 is 6.09 Å². The predicted molar refractivity (Wildman–Crippen MR) is 137 cm³/mol. The first-order valence-electron chi connectivity index (χ1n) is 12.6. The predicted octanol–water partition coefficient (Wildman–Crippen LogP) is 8.26. The Kier molecular flexibility index (Phi) is 8.24. The summed E-state index contributed by atoms with van der Waals surface area (Å²) in [5, 5.41) is 2.81. The molecule has 2 aromatic rings. The van der Waals surface area contributed by atoms with Crippen LogP contribution in [0.5, 0.6) is 5.75 Å². The monoisotopic (exact) mass is 467 g/mol. The van der Waals surface area contributed by atoms with E-state index >= 15 is 0 Å². The molecular weight excluding hydrogens is 430 g/mol. The van der Waals surface area contributed by atoms with Crippen molar-refractivity contribution in [1.82, 2.24) is 0 Å². The van der Waals surface area contributed by atoms with Crippen molar-refractivity contribution in [1.29, 1.82) is 0 Å². The Morgan fingerprint density at radius 2 is 1.79 bits per heavy atom. The van der Waals surface area contributed by atoms with E-state index in [1.54, 1.807) is 0 Å². The van der Waals surface area contributed by atoms with Crippen molar-refractivity contribution < 1.29 is 14.3 Å². The van der Waals surface area contributed by atoms with E-state index in [1.807, 2.05) is 30.0 Å². The van der Waals surface area contributed by atoms with Crippen molar-refractivity contribution in [2.45, 2.75) is 88.0 Å². The van der Waals surface area contributed by atoms with Crippen LogP contribution in [-0.2, 0) is 10.3 Å². The maximum Gasteiger partial charge on any atom is 0.412 e. The van der Waals surface area contributed by atoms with Crippen LogP contribution >= 0.6 is 11.8 Å². The standard InChI is InChI=1S/C28H37NO3S/c1-3-28(4-2)25-20-23(14-17-26(25)29-27(30)32-28)31-18-8-9-19-33-24-15-12-22(13-16-24)21-10-6-5-7-11-21/h12-17,20-21H,3-11,18-19H2,1-2H3,(H,29,30). The van der Waals surface area contributed by atoms with Crippen LogP contribution in [-0.4, -0.2) is 18.5 Å². The van der Waals surface area contributed by atoms with Crippen LogP contribution in [0.4, 0.5) is 10.5 Å². The molecule has 1 fully saturated rings. The highest BCUT2D eigenvalue weighted by molar-refractivity contribution is 7.99. The van der Waals surface area contributed by atoms with Gasteiger partial charge in [-0.15, -0.1) is 11.8 Å². The average Bonchev–Trinajstić information content (AvgIpc) is 2.86. The second-order valence-corrected chi connectivity index (χ2v) is 10.4. The number of benzene rings is 2.